The molecule has 2 N–H and O–H groups in total. The molecule has 0 radical (unpaired) electrons. The zero-order valence-corrected chi connectivity index (χ0v) is 13.2. The Bertz CT molecular complexity index is 478. The van der Waals surface area contributed by atoms with Gasteiger partial charge in [0.2, 0.25) is 5.75 Å². The number of hydrogen-bond acceptors (Lipinski definition) is 5. The van der Waals surface area contributed by atoms with Crippen molar-refractivity contribution in [1.29, 1.82) is 0 Å². The maximum atomic E-state index is 6.50. The number of ether oxygens (including phenoxy) is 4. The molecule has 3 unspecified atom stereocenters. The SMILES string of the molecule is CCC1OCCC1C(N)c1ccc(OC)c(OC)c1OC. The zero-order chi connectivity index (χ0) is 15.4. The van der Waals surface area contributed by atoms with Crippen LogP contribution in [-0.4, -0.2) is 34.0 Å². The Labute approximate surface area is 126 Å². The van der Waals surface area contributed by atoms with Gasteiger partial charge < -0.3 is 24.7 Å². The summed E-state index contributed by atoms with van der Waals surface area (Å²) < 4.78 is 22.0. The van der Waals surface area contributed by atoms with Crippen molar-refractivity contribution >= 4 is 0 Å². The molecule has 0 bridgehead atoms. The summed E-state index contributed by atoms with van der Waals surface area (Å²) in [7, 11) is 4.83. The molecule has 0 spiro atoms. The Hall–Kier alpha value is -1.46. The molecule has 0 saturated carbocycles. The predicted octanol–water partition coefficient (Wildman–Crippen LogP) is 2.53. The van der Waals surface area contributed by atoms with Gasteiger partial charge in [-0.25, -0.2) is 0 Å². The van der Waals surface area contributed by atoms with Crippen LogP contribution in [0.25, 0.3) is 0 Å². The van der Waals surface area contributed by atoms with Crippen molar-refractivity contribution in [2.75, 3.05) is 27.9 Å². The molecule has 0 aromatic heterocycles. The Morgan fingerprint density at radius 1 is 1.19 bits per heavy atom. The maximum absolute atomic E-state index is 6.50. The van der Waals surface area contributed by atoms with Crippen molar-refractivity contribution in [3.8, 4) is 17.2 Å². The van der Waals surface area contributed by atoms with E-state index in [-0.39, 0.29) is 12.1 Å². The molecule has 2 rings (SSSR count). The predicted molar refractivity (Wildman–Crippen MR) is 81.2 cm³/mol. The normalized spacial score (nSPS) is 22.9. The van der Waals surface area contributed by atoms with Crippen LogP contribution in [0.15, 0.2) is 12.1 Å². The lowest BCUT2D eigenvalue weighted by Crippen LogP contribution is -2.28. The average molecular weight is 295 g/mol. The fraction of sp³-hybridized carbons (Fsp3) is 0.625. The molecule has 1 aromatic carbocycles. The van der Waals surface area contributed by atoms with Crippen molar-refractivity contribution in [3.05, 3.63) is 17.7 Å². The van der Waals surface area contributed by atoms with Gasteiger partial charge in [0.05, 0.1) is 27.4 Å². The highest BCUT2D eigenvalue weighted by Crippen LogP contribution is 2.44. The van der Waals surface area contributed by atoms with E-state index in [4.69, 9.17) is 24.7 Å². The van der Waals surface area contributed by atoms with Crippen molar-refractivity contribution < 1.29 is 18.9 Å². The topological polar surface area (TPSA) is 62.9 Å². The van der Waals surface area contributed by atoms with Gasteiger partial charge in [-0.15, -0.1) is 0 Å². The summed E-state index contributed by atoms with van der Waals surface area (Å²) in [6.45, 7) is 2.90. The molecule has 1 heterocycles. The standard InChI is InChI=1S/C16H25NO4/c1-5-12-10(8-9-21-12)14(17)11-6-7-13(18-2)16(20-4)15(11)19-3/h6-7,10,12,14H,5,8-9,17H2,1-4H3. The number of benzene rings is 1. The van der Waals surface area contributed by atoms with Gasteiger partial charge in [0.1, 0.15) is 0 Å². The van der Waals surface area contributed by atoms with Gasteiger partial charge in [0, 0.05) is 24.1 Å². The van der Waals surface area contributed by atoms with Crippen LogP contribution in [0.1, 0.15) is 31.4 Å². The highest BCUT2D eigenvalue weighted by molar-refractivity contribution is 5.56. The molecule has 3 atom stereocenters. The second kappa shape index (κ2) is 7.00. The molecule has 1 aliphatic heterocycles. The molecule has 5 nitrogen and oxygen atoms in total. The summed E-state index contributed by atoms with van der Waals surface area (Å²) in [6.07, 6.45) is 2.14. The Balaban J connectivity index is 2.38. The van der Waals surface area contributed by atoms with Crippen molar-refractivity contribution in [1.82, 2.24) is 0 Å². The third-order valence-electron chi connectivity index (χ3n) is 4.22. The van der Waals surface area contributed by atoms with E-state index in [0.29, 0.717) is 23.2 Å². The van der Waals surface area contributed by atoms with Crippen molar-refractivity contribution in [2.45, 2.75) is 31.9 Å². The van der Waals surface area contributed by atoms with E-state index in [1.165, 1.54) is 0 Å². The van der Waals surface area contributed by atoms with E-state index in [1.807, 2.05) is 12.1 Å². The number of hydrogen-bond donors (Lipinski definition) is 1. The minimum absolute atomic E-state index is 0.146. The van der Waals surface area contributed by atoms with Gasteiger partial charge in [-0.3, -0.25) is 0 Å². The van der Waals surface area contributed by atoms with Crippen LogP contribution in [0, 0.1) is 5.92 Å². The maximum Gasteiger partial charge on any atom is 0.203 e. The molecular weight excluding hydrogens is 270 g/mol. The number of methoxy groups -OCH3 is 3. The van der Waals surface area contributed by atoms with E-state index < -0.39 is 0 Å². The summed E-state index contributed by atoms with van der Waals surface area (Å²) in [6, 6.07) is 3.68. The van der Waals surface area contributed by atoms with Gasteiger partial charge in [-0.05, 0) is 25.0 Å². The number of nitrogens with two attached hydrogens (primary N) is 1. The largest absolute Gasteiger partial charge is 0.493 e. The van der Waals surface area contributed by atoms with Crippen LogP contribution in [0.5, 0.6) is 17.2 Å². The fourth-order valence-corrected chi connectivity index (χ4v) is 3.11. The lowest BCUT2D eigenvalue weighted by molar-refractivity contribution is 0.0810. The van der Waals surface area contributed by atoms with Gasteiger partial charge in [-0.1, -0.05) is 6.92 Å². The number of rotatable bonds is 6. The first-order valence-corrected chi connectivity index (χ1v) is 7.33. The molecule has 1 aliphatic rings. The fourth-order valence-electron chi connectivity index (χ4n) is 3.11. The first kappa shape index (κ1) is 15.9. The monoisotopic (exact) mass is 295 g/mol. The third kappa shape index (κ3) is 2.94. The lowest BCUT2D eigenvalue weighted by Gasteiger charge is -2.26. The quantitative estimate of drug-likeness (QED) is 0.873. The Morgan fingerprint density at radius 2 is 1.90 bits per heavy atom. The summed E-state index contributed by atoms with van der Waals surface area (Å²) in [4.78, 5) is 0. The van der Waals surface area contributed by atoms with Gasteiger partial charge in [-0.2, -0.15) is 0 Å². The molecule has 0 amide bonds. The molecule has 5 heteroatoms. The van der Waals surface area contributed by atoms with Crippen LogP contribution < -0.4 is 19.9 Å². The first-order chi connectivity index (χ1) is 10.2. The molecule has 1 saturated heterocycles. The molecule has 0 aliphatic carbocycles. The second-order valence-electron chi connectivity index (χ2n) is 5.22. The summed E-state index contributed by atoms with van der Waals surface area (Å²) >= 11 is 0. The Kier molecular flexibility index (Phi) is 5.31. The molecule has 1 aromatic rings. The van der Waals surface area contributed by atoms with Gasteiger partial charge in [0.15, 0.2) is 11.5 Å². The van der Waals surface area contributed by atoms with Crippen LogP contribution >= 0.6 is 0 Å². The zero-order valence-electron chi connectivity index (χ0n) is 13.2. The lowest BCUT2D eigenvalue weighted by atomic mass is 9.86. The summed E-state index contributed by atoms with van der Waals surface area (Å²) in [5.41, 5.74) is 7.44. The Morgan fingerprint density at radius 3 is 2.48 bits per heavy atom. The molecule has 118 valence electrons. The van der Waals surface area contributed by atoms with Crippen LogP contribution in [0.2, 0.25) is 0 Å². The molecular formula is C16H25NO4. The van der Waals surface area contributed by atoms with E-state index in [1.54, 1.807) is 21.3 Å². The van der Waals surface area contributed by atoms with Crippen LogP contribution in [0.3, 0.4) is 0 Å². The second-order valence-corrected chi connectivity index (χ2v) is 5.22. The first-order valence-electron chi connectivity index (χ1n) is 7.33. The summed E-state index contributed by atoms with van der Waals surface area (Å²) in [5.74, 6) is 2.16. The van der Waals surface area contributed by atoms with Gasteiger partial charge >= 0.3 is 0 Å². The average Bonchev–Trinajstić information content (AvgIpc) is 3.00. The van der Waals surface area contributed by atoms with E-state index in [2.05, 4.69) is 6.92 Å². The van der Waals surface area contributed by atoms with Crippen LogP contribution in [-0.2, 0) is 4.74 Å². The third-order valence-corrected chi connectivity index (χ3v) is 4.22. The van der Waals surface area contributed by atoms with E-state index in [0.717, 1.165) is 25.0 Å². The minimum Gasteiger partial charge on any atom is -0.493 e. The molecule has 21 heavy (non-hydrogen) atoms. The highest BCUT2D eigenvalue weighted by atomic mass is 16.5. The van der Waals surface area contributed by atoms with Crippen LogP contribution in [0.4, 0.5) is 0 Å². The summed E-state index contributed by atoms with van der Waals surface area (Å²) in [5, 5.41) is 0. The highest BCUT2D eigenvalue weighted by Gasteiger charge is 2.34. The smallest absolute Gasteiger partial charge is 0.203 e. The van der Waals surface area contributed by atoms with Crippen molar-refractivity contribution in [2.24, 2.45) is 11.7 Å². The van der Waals surface area contributed by atoms with Crippen molar-refractivity contribution in [3.63, 3.8) is 0 Å². The van der Waals surface area contributed by atoms with E-state index >= 15 is 0 Å². The minimum atomic E-state index is -0.146. The molecule has 1 fully saturated rings. The van der Waals surface area contributed by atoms with E-state index in [9.17, 15) is 0 Å². The van der Waals surface area contributed by atoms with Gasteiger partial charge in [0.25, 0.3) is 0 Å².